The van der Waals surface area contributed by atoms with E-state index in [2.05, 4.69) is 5.32 Å². The second kappa shape index (κ2) is 12.0. The predicted molar refractivity (Wildman–Crippen MR) is 115 cm³/mol. The highest BCUT2D eigenvalue weighted by Gasteiger charge is 2.25. The number of carbonyl (C=O) groups is 3. The van der Waals surface area contributed by atoms with Crippen LogP contribution in [0.15, 0.2) is 54.6 Å². The molecule has 1 N–H and O–H groups in total. The van der Waals surface area contributed by atoms with Gasteiger partial charge < -0.3 is 10.1 Å². The van der Waals surface area contributed by atoms with E-state index in [-0.39, 0.29) is 29.3 Å². The van der Waals surface area contributed by atoms with Gasteiger partial charge in [-0.2, -0.15) is 0 Å². The topological polar surface area (TPSA) is 63.2 Å². The Morgan fingerprint density at radius 1 is 0.967 bits per heavy atom. The summed E-state index contributed by atoms with van der Waals surface area (Å²) in [6.45, 7) is 3.89. The van der Waals surface area contributed by atoms with Crippen molar-refractivity contribution in [2.45, 2.75) is 52.0 Å². The van der Waals surface area contributed by atoms with E-state index >= 15 is 0 Å². The van der Waals surface area contributed by atoms with Crippen molar-refractivity contribution in [2.75, 3.05) is 0 Å². The predicted octanol–water partition coefficient (Wildman–Crippen LogP) is 4.31. The normalized spacial score (nSPS) is 12.9. The van der Waals surface area contributed by atoms with Crippen LogP contribution in [0.4, 0.5) is 4.39 Å². The first-order valence-corrected chi connectivity index (χ1v) is 10.4. The van der Waals surface area contributed by atoms with Crippen LogP contribution >= 0.6 is 0 Å². The third-order valence-electron chi connectivity index (χ3n) is 5.27. The van der Waals surface area contributed by atoms with E-state index in [1.807, 2.05) is 44.2 Å². The number of aldehydes is 1. The molecule has 0 bridgehead atoms. The van der Waals surface area contributed by atoms with Gasteiger partial charge in [0.05, 0.1) is 6.04 Å². The molecule has 2 atom stereocenters. The van der Waals surface area contributed by atoms with E-state index in [1.54, 1.807) is 12.1 Å². The number of halogens is 1. The van der Waals surface area contributed by atoms with E-state index in [9.17, 15) is 18.8 Å². The van der Waals surface area contributed by atoms with E-state index in [1.165, 1.54) is 12.1 Å². The zero-order valence-electron chi connectivity index (χ0n) is 17.6. The van der Waals surface area contributed by atoms with Crippen molar-refractivity contribution in [2.24, 2.45) is 11.8 Å². The zero-order chi connectivity index (χ0) is 21.9. The second-order valence-electron chi connectivity index (χ2n) is 8.00. The number of hydrogen-bond acceptors (Lipinski definition) is 3. The highest BCUT2D eigenvalue weighted by molar-refractivity contribution is 5.83. The van der Waals surface area contributed by atoms with Gasteiger partial charge in [-0.3, -0.25) is 9.59 Å². The van der Waals surface area contributed by atoms with Gasteiger partial charge in [0.15, 0.2) is 0 Å². The first-order chi connectivity index (χ1) is 14.4. The summed E-state index contributed by atoms with van der Waals surface area (Å²) < 4.78 is 13.0. The Balaban J connectivity index is 1.84. The van der Waals surface area contributed by atoms with Crippen LogP contribution in [-0.4, -0.2) is 24.0 Å². The molecule has 0 heterocycles. The molecule has 0 aliphatic carbocycles. The monoisotopic (exact) mass is 411 g/mol. The molecule has 1 amide bonds. The fourth-order valence-electron chi connectivity index (χ4n) is 3.43. The summed E-state index contributed by atoms with van der Waals surface area (Å²) in [4.78, 5) is 36.5. The Hall–Kier alpha value is -2.82. The molecular weight excluding hydrogens is 381 g/mol. The quantitative estimate of drug-likeness (QED) is 0.530. The van der Waals surface area contributed by atoms with Crippen LogP contribution in [0, 0.1) is 17.7 Å². The van der Waals surface area contributed by atoms with Crippen molar-refractivity contribution in [3.05, 3.63) is 71.5 Å². The number of carbonyl (C=O) groups excluding carboxylic acids is 3. The maximum Gasteiger partial charge on any atom is 0.223 e. The first kappa shape index (κ1) is 23.5. The standard InChI is InChI=1S/C25H30FNO3/c1-18(2)24(15-14-23(29)13-10-19-8-11-21(26)12-9-19)25(30)27-22(17-28)16-20-6-4-3-5-7-20/h3-9,11-12,17-18,22,24H,10,13-16H2,1-2H3,(H,27,30)/t22?,24-/m0/s1. The molecular formula is C25H30FNO3. The second-order valence-corrected chi connectivity index (χ2v) is 8.00. The Labute approximate surface area is 177 Å². The Morgan fingerprint density at radius 2 is 1.63 bits per heavy atom. The number of aryl methyl sites for hydroxylation is 1. The molecule has 2 aromatic rings. The average Bonchev–Trinajstić information content (AvgIpc) is 2.73. The summed E-state index contributed by atoms with van der Waals surface area (Å²) in [5, 5.41) is 2.83. The average molecular weight is 412 g/mol. The van der Waals surface area contributed by atoms with Crippen LogP contribution in [0.3, 0.4) is 0 Å². The van der Waals surface area contributed by atoms with E-state index in [0.29, 0.717) is 32.1 Å². The summed E-state index contributed by atoms with van der Waals surface area (Å²) in [6, 6.07) is 15.1. The lowest BCUT2D eigenvalue weighted by molar-refractivity contribution is -0.129. The summed E-state index contributed by atoms with van der Waals surface area (Å²) in [6.07, 6.45) is 2.88. The first-order valence-electron chi connectivity index (χ1n) is 10.4. The van der Waals surface area contributed by atoms with Gasteiger partial charge >= 0.3 is 0 Å². The molecule has 30 heavy (non-hydrogen) atoms. The highest BCUT2D eigenvalue weighted by Crippen LogP contribution is 2.19. The number of ketones is 1. The molecule has 0 aliphatic rings. The molecule has 2 aromatic carbocycles. The molecule has 0 fully saturated rings. The largest absolute Gasteiger partial charge is 0.346 e. The fraction of sp³-hybridized carbons (Fsp3) is 0.400. The maximum atomic E-state index is 13.0. The number of benzene rings is 2. The lowest BCUT2D eigenvalue weighted by Crippen LogP contribution is -2.42. The van der Waals surface area contributed by atoms with Gasteiger partial charge in [0, 0.05) is 18.8 Å². The minimum Gasteiger partial charge on any atom is -0.346 e. The van der Waals surface area contributed by atoms with Crippen molar-refractivity contribution in [1.29, 1.82) is 0 Å². The molecule has 4 nitrogen and oxygen atoms in total. The van der Waals surface area contributed by atoms with Crippen LogP contribution in [0.1, 0.15) is 44.2 Å². The Bertz CT molecular complexity index is 818. The lowest BCUT2D eigenvalue weighted by Gasteiger charge is -2.22. The fourth-order valence-corrected chi connectivity index (χ4v) is 3.43. The van der Waals surface area contributed by atoms with Gasteiger partial charge in [-0.1, -0.05) is 56.3 Å². The van der Waals surface area contributed by atoms with Gasteiger partial charge in [0.2, 0.25) is 5.91 Å². The van der Waals surface area contributed by atoms with E-state index in [4.69, 9.17) is 0 Å². The summed E-state index contributed by atoms with van der Waals surface area (Å²) in [7, 11) is 0. The molecule has 0 saturated heterocycles. The van der Waals surface area contributed by atoms with Gasteiger partial charge in [0.1, 0.15) is 17.9 Å². The molecule has 5 heteroatoms. The molecule has 0 saturated carbocycles. The molecule has 1 unspecified atom stereocenters. The summed E-state index contributed by atoms with van der Waals surface area (Å²) in [5.41, 5.74) is 1.89. The molecule has 0 radical (unpaired) electrons. The van der Waals surface area contributed by atoms with Crippen LogP contribution < -0.4 is 5.32 Å². The minimum atomic E-state index is -0.588. The van der Waals surface area contributed by atoms with Crippen LogP contribution in [0.2, 0.25) is 0 Å². The molecule has 160 valence electrons. The van der Waals surface area contributed by atoms with Crippen LogP contribution in [-0.2, 0) is 27.2 Å². The molecule has 0 spiro atoms. The number of Topliss-reactive ketones (excluding diaryl/α,β-unsaturated/α-hetero) is 1. The Morgan fingerprint density at radius 3 is 2.23 bits per heavy atom. The zero-order valence-corrected chi connectivity index (χ0v) is 17.6. The summed E-state index contributed by atoms with van der Waals surface area (Å²) >= 11 is 0. The van der Waals surface area contributed by atoms with Crippen molar-refractivity contribution in [1.82, 2.24) is 5.32 Å². The Kier molecular flexibility index (Phi) is 9.39. The van der Waals surface area contributed by atoms with Crippen molar-refractivity contribution < 1.29 is 18.8 Å². The van der Waals surface area contributed by atoms with Crippen molar-refractivity contribution in [3.8, 4) is 0 Å². The van der Waals surface area contributed by atoms with Gasteiger partial charge in [-0.15, -0.1) is 0 Å². The lowest BCUT2D eigenvalue weighted by atomic mass is 9.88. The van der Waals surface area contributed by atoms with E-state index < -0.39 is 6.04 Å². The number of rotatable bonds is 12. The third-order valence-corrected chi connectivity index (χ3v) is 5.27. The van der Waals surface area contributed by atoms with Gasteiger partial charge in [-0.05, 0) is 48.4 Å². The number of amides is 1. The number of nitrogens with one attached hydrogen (secondary N) is 1. The van der Waals surface area contributed by atoms with Crippen molar-refractivity contribution >= 4 is 18.0 Å². The van der Waals surface area contributed by atoms with Crippen LogP contribution in [0.25, 0.3) is 0 Å². The molecule has 0 aromatic heterocycles. The van der Waals surface area contributed by atoms with Crippen molar-refractivity contribution in [3.63, 3.8) is 0 Å². The highest BCUT2D eigenvalue weighted by atomic mass is 19.1. The smallest absolute Gasteiger partial charge is 0.223 e. The summed E-state index contributed by atoms with van der Waals surface area (Å²) in [5.74, 6) is -0.688. The molecule has 0 aliphatic heterocycles. The van der Waals surface area contributed by atoms with Gasteiger partial charge in [-0.25, -0.2) is 4.39 Å². The van der Waals surface area contributed by atoms with E-state index in [0.717, 1.165) is 17.4 Å². The maximum absolute atomic E-state index is 13.0. The molecule has 2 rings (SSSR count). The number of hydrogen-bond donors (Lipinski definition) is 1. The van der Waals surface area contributed by atoms with Crippen LogP contribution in [0.5, 0.6) is 0 Å². The van der Waals surface area contributed by atoms with Gasteiger partial charge in [0.25, 0.3) is 0 Å². The SMILES string of the molecule is CC(C)[C@H](CCC(=O)CCc1ccc(F)cc1)C(=O)NC(C=O)Cc1ccccc1. The minimum absolute atomic E-state index is 0.0546. The third kappa shape index (κ3) is 7.90.